The highest BCUT2D eigenvalue weighted by Gasteiger charge is 2.20. The number of nitrogens with zero attached hydrogens (tertiary/aromatic N) is 5. The van der Waals surface area contributed by atoms with Gasteiger partial charge in [0.1, 0.15) is 10.4 Å². The minimum atomic E-state index is 0.0615. The van der Waals surface area contributed by atoms with Crippen molar-refractivity contribution < 1.29 is 0 Å². The summed E-state index contributed by atoms with van der Waals surface area (Å²) in [6.45, 7) is 0. The molecule has 4 aromatic heterocycles. The summed E-state index contributed by atoms with van der Waals surface area (Å²) in [5.74, 6) is 0.968. The lowest BCUT2D eigenvalue weighted by Crippen LogP contribution is -2.16. The van der Waals surface area contributed by atoms with E-state index < -0.39 is 0 Å². The first-order chi connectivity index (χ1) is 14.2. The summed E-state index contributed by atoms with van der Waals surface area (Å²) in [5, 5.41) is 0. The van der Waals surface area contributed by atoms with E-state index in [2.05, 4.69) is 54.0 Å². The van der Waals surface area contributed by atoms with Gasteiger partial charge in [-0.05, 0) is 69.9 Å². The van der Waals surface area contributed by atoms with E-state index in [1.165, 1.54) is 0 Å². The fraction of sp³-hybridized carbons (Fsp3) is 0.130. The predicted octanol–water partition coefficient (Wildman–Crippen LogP) is 5.17. The van der Waals surface area contributed by atoms with Crippen LogP contribution < -0.4 is 4.90 Å². The standard InChI is InChI=1S/C23H20BrN5/c1-29(19-8-5-12-26-16-19)23-17(6-4-13-27-23)14-20(18-7-3-11-25-15-18)21-9-2-10-22(24)28-21/h2-13,15-16,20H,14H2,1H3. The molecule has 0 spiro atoms. The lowest BCUT2D eigenvalue weighted by atomic mass is 9.90. The first kappa shape index (κ1) is 19.2. The molecular formula is C23H20BrN5. The van der Waals surface area contributed by atoms with Crippen LogP contribution in [0.4, 0.5) is 11.5 Å². The molecule has 0 saturated heterocycles. The molecule has 0 N–H and O–H groups in total. The summed E-state index contributed by atoms with van der Waals surface area (Å²) in [5.41, 5.74) is 4.24. The first-order valence-electron chi connectivity index (χ1n) is 9.32. The molecule has 0 aromatic carbocycles. The smallest absolute Gasteiger partial charge is 0.135 e. The molecule has 0 saturated carbocycles. The van der Waals surface area contributed by atoms with Crippen LogP contribution in [0.5, 0.6) is 0 Å². The zero-order valence-corrected chi connectivity index (χ0v) is 17.6. The van der Waals surface area contributed by atoms with Crippen LogP contribution in [0.3, 0.4) is 0 Å². The summed E-state index contributed by atoms with van der Waals surface area (Å²) < 4.78 is 0.822. The molecule has 0 amide bonds. The van der Waals surface area contributed by atoms with Gasteiger partial charge in [-0.25, -0.2) is 9.97 Å². The number of anilines is 2. The Morgan fingerprint density at radius 2 is 1.69 bits per heavy atom. The molecule has 4 rings (SSSR count). The van der Waals surface area contributed by atoms with E-state index in [1.54, 1.807) is 12.4 Å². The number of pyridine rings is 4. The SMILES string of the molecule is CN(c1cccnc1)c1ncccc1CC(c1cccnc1)c1cccc(Br)n1. The molecule has 0 aliphatic heterocycles. The maximum absolute atomic E-state index is 4.72. The molecule has 1 atom stereocenters. The quantitative estimate of drug-likeness (QED) is 0.383. The van der Waals surface area contributed by atoms with Crippen LogP contribution in [-0.2, 0) is 6.42 Å². The third kappa shape index (κ3) is 4.49. The molecule has 5 nitrogen and oxygen atoms in total. The Balaban J connectivity index is 1.74. The second kappa shape index (κ2) is 8.92. The molecule has 4 heterocycles. The molecule has 144 valence electrons. The second-order valence-electron chi connectivity index (χ2n) is 6.68. The van der Waals surface area contributed by atoms with Gasteiger partial charge in [-0.1, -0.05) is 18.2 Å². The largest absolute Gasteiger partial charge is 0.328 e. The third-order valence-electron chi connectivity index (χ3n) is 4.82. The average molecular weight is 446 g/mol. The van der Waals surface area contributed by atoms with Gasteiger partial charge in [0.05, 0.1) is 11.9 Å². The van der Waals surface area contributed by atoms with Crippen LogP contribution in [0.1, 0.15) is 22.7 Å². The van der Waals surface area contributed by atoms with Gasteiger partial charge in [0.25, 0.3) is 0 Å². The minimum absolute atomic E-state index is 0.0615. The summed E-state index contributed by atoms with van der Waals surface area (Å²) in [6, 6.07) is 18.1. The topological polar surface area (TPSA) is 54.8 Å². The molecule has 4 aromatic rings. The molecule has 0 aliphatic carbocycles. The Kier molecular flexibility index (Phi) is 5.91. The number of hydrogen-bond donors (Lipinski definition) is 0. The Morgan fingerprint density at radius 3 is 2.41 bits per heavy atom. The van der Waals surface area contributed by atoms with Gasteiger partial charge in [0, 0.05) is 43.4 Å². The van der Waals surface area contributed by atoms with Crippen molar-refractivity contribution in [3.8, 4) is 0 Å². The van der Waals surface area contributed by atoms with Crippen molar-refractivity contribution in [3.05, 3.63) is 107 Å². The minimum Gasteiger partial charge on any atom is -0.328 e. The molecule has 6 heteroatoms. The van der Waals surface area contributed by atoms with Crippen molar-refractivity contribution >= 4 is 27.4 Å². The maximum atomic E-state index is 4.72. The maximum Gasteiger partial charge on any atom is 0.135 e. The van der Waals surface area contributed by atoms with E-state index in [0.717, 1.165) is 39.4 Å². The van der Waals surface area contributed by atoms with Crippen LogP contribution in [0.2, 0.25) is 0 Å². The van der Waals surface area contributed by atoms with Crippen molar-refractivity contribution in [1.29, 1.82) is 0 Å². The average Bonchev–Trinajstić information content (AvgIpc) is 2.78. The fourth-order valence-electron chi connectivity index (χ4n) is 3.38. The Labute approximate surface area is 178 Å². The zero-order valence-electron chi connectivity index (χ0n) is 16.0. The molecular weight excluding hydrogens is 426 g/mol. The van der Waals surface area contributed by atoms with Crippen LogP contribution >= 0.6 is 15.9 Å². The Bertz CT molecular complexity index is 1070. The Hall–Kier alpha value is -3.12. The monoisotopic (exact) mass is 445 g/mol. The molecule has 1 unspecified atom stereocenters. The molecule has 29 heavy (non-hydrogen) atoms. The number of aromatic nitrogens is 4. The van der Waals surface area contributed by atoms with Crippen molar-refractivity contribution in [2.45, 2.75) is 12.3 Å². The highest BCUT2D eigenvalue weighted by atomic mass is 79.9. The lowest BCUT2D eigenvalue weighted by molar-refractivity contribution is 0.762. The molecule has 0 radical (unpaired) electrons. The van der Waals surface area contributed by atoms with Crippen molar-refractivity contribution in [2.75, 3.05) is 11.9 Å². The second-order valence-corrected chi connectivity index (χ2v) is 7.50. The summed E-state index contributed by atoms with van der Waals surface area (Å²) in [4.78, 5) is 20.0. The van der Waals surface area contributed by atoms with Gasteiger partial charge in [-0.3, -0.25) is 9.97 Å². The van der Waals surface area contributed by atoms with Gasteiger partial charge < -0.3 is 4.90 Å². The van der Waals surface area contributed by atoms with E-state index in [0.29, 0.717) is 0 Å². The van der Waals surface area contributed by atoms with E-state index in [4.69, 9.17) is 4.98 Å². The van der Waals surface area contributed by atoms with Crippen molar-refractivity contribution in [2.24, 2.45) is 0 Å². The molecule has 0 bridgehead atoms. The normalized spacial score (nSPS) is 11.8. The van der Waals surface area contributed by atoms with E-state index in [9.17, 15) is 0 Å². The zero-order chi connectivity index (χ0) is 20.1. The fourth-order valence-corrected chi connectivity index (χ4v) is 3.74. The van der Waals surface area contributed by atoms with Gasteiger partial charge in [-0.2, -0.15) is 0 Å². The number of hydrogen-bond acceptors (Lipinski definition) is 5. The first-order valence-corrected chi connectivity index (χ1v) is 10.1. The highest BCUT2D eigenvalue weighted by Crippen LogP contribution is 2.32. The van der Waals surface area contributed by atoms with Crippen LogP contribution in [-0.4, -0.2) is 27.0 Å². The Morgan fingerprint density at radius 1 is 0.897 bits per heavy atom. The summed E-state index contributed by atoms with van der Waals surface area (Å²) in [6.07, 6.45) is 9.89. The van der Waals surface area contributed by atoms with Gasteiger partial charge >= 0.3 is 0 Å². The lowest BCUT2D eigenvalue weighted by Gasteiger charge is -2.23. The van der Waals surface area contributed by atoms with Crippen molar-refractivity contribution in [3.63, 3.8) is 0 Å². The number of rotatable bonds is 6. The van der Waals surface area contributed by atoms with Gasteiger partial charge in [0.15, 0.2) is 0 Å². The van der Waals surface area contributed by atoms with E-state index in [-0.39, 0.29) is 5.92 Å². The van der Waals surface area contributed by atoms with Gasteiger partial charge in [-0.15, -0.1) is 0 Å². The predicted molar refractivity (Wildman–Crippen MR) is 118 cm³/mol. The van der Waals surface area contributed by atoms with Gasteiger partial charge in [0.2, 0.25) is 0 Å². The summed E-state index contributed by atoms with van der Waals surface area (Å²) in [7, 11) is 2.01. The van der Waals surface area contributed by atoms with Crippen LogP contribution in [0.15, 0.2) is 90.2 Å². The molecule has 0 aliphatic rings. The highest BCUT2D eigenvalue weighted by molar-refractivity contribution is 9.10. The molecule has 0 fully saturated rings. The van der Waals surface area contributed by atoms with Crippen LogP contribution in [0.25, 0.3) is 0 Å². The number of halogens is 1. The van der Waals surface area contributed by atoms with E-state index >= 15 is 0 Å². The van der Waals surface area contributed by atoms with Crippen LogP contribution in [0, 0.1) is 0 Å². The summed E-state index contributed by atoms with van der Waals surface area (Å²) >= 11 is 3.50. The third-order valence-corrected chi connectivity index (χ3v) is 5.26. The van der Waals surface area contributed by atoms with Crippen molar-refractivity contribution in [1.82, 2.24) is 19.9 Å². The van der Waals surface area contributed by atoms with E-state index in [1.807, 2.05) is 62.0 Å².